The van der Waals surface area contributed by atoms with Crippen LogP contribution < -0.4 is 0 Å². The van der Waals surface area contributed by atoms with E-state index in [0.717, 1.165) is 13.2 Å². The quantitative estimate of drug-likeness (QED) is 0.660. The van der Waals surface area contributed by atoms with E-state index in [1.165, 1.54) is 25.7 Å². The largest absolute Gasteiger partial charge is 0.378 e. The van der Waals surface area contributed by atoms with Crippen molar-refractivity contribution in [1.82, 2.24) is 0 Å². The molecule has 0 saturated carbocycles. The van der Waals surface area contributed by atoms with Gasteiger partial charge in [0.1, 0.15) is 0 Å². The molecule has 2 aliphatic heterocycles. The van der Waals surface area contributed by atoms with Crippen molar-refractivity contribution in [3.8, 4) is 0 Å². The molecule has 2 unspecified atom stereocenters. The molecule has 2 fully saturated rings. The van der Waals surface area contributed by atoms with Crippen molar-refractivity contribution in [3.63, 3.8) is 0 Å². The molecule has 2 nitrogen and oxygen atoms in total. The molecule has 13 heavy (non-hydrogen) atoms. The molecule has 0 radical (unpaired) electrons. The van der Waals surface area contributed by atoms with Crippen LogP contribution in [0, 0.1) is 5.92 Å². The third-order valence-corrected chi connectivity index (χ3v) is 3.10. The summed E-state index contributed by atoms with van der Waals surface area (Å²) in [6.07, 6.45) is 5.91. The lowest BCUT2D eigenvalue weighted by atomic mass is 9.94. The van der Waals surface area contributed by atoms with E-state index in [9.17, 15) is 0 Å². The zero-order chi connectivity index (χ0) is 8.39. The third-order valence-electron chi connectivity index (χ3n) is 3.10. The van der Waals surface area contributed by atoms with Gasteiger partial charge in [0.25, 0.3) is 0 Å². The minimum absolute atomic E-state index is 0. The van der Waals surface area contributed by atoms with Crippen LogP contribution in [0.25, 0.3) is 0 Å². The van der Waals surface area contributed by atoms with Gasteiger partial charge in [-0.3, -0.25) is 0 Å². The molecule has 0 aromatic rings. The summed E-state index contributed by atoms with van der Waals surface area (Å²) in [5, 5.41) is 0. The van der Waals surface area contributed by atoms with Crippen molar-refractivity contribution < 1.29 is 9.47 Å². The minimum atomic E-state index is 0. The molecule has 2 rings (SSSR count). The van der Waals surface area contributed by atoms with Crippen LogP contribution in [0.3, 0.4) is 0 Å². The molecular weight excluding hydrogens is 164 g/mol. The normalized spacial score (nSPS) is 35.8. The highest BCUT2D eigenvalue weighted by atomic mass is 16.5. The summed E-state index contributed by atoms with van der Waals surface area (Å²) in [5.74, 6) is 0.606. The molecule has 0 N–H and O–H groups in total. The Labute approximate surface area is 81.6 Å². The lowest BCUT2D eigenvalue weighted by Gasteiger charge is -2.23. The van der Waals surface area contributed by atoms with Crippen molar-refractivity contribution in [2.75, 3.05) is 13.2 Å². The Bertz CT molecular complexity index is 119. The van der Waals surface area contributed by atoms with Gasteiger partial charge in [0.05, 0.1) is 12.2 Å². The summed E-state index contributed by atoms with van der Waals surface area (Å²) in [5.41, 5.74) is 0. The van der Waals surface area contributed by atoms with Gasteiger partial charge in [-0.25, -0.2) is 0 Å². The van der Waals surface area contributed by atoms with E-state index in [-0.39, 0.29) is 7.43 Å². The summed E-state index contributed by atoms with van der Waals surface area (Å²) in [6.45, 7) is 4.19. The number of hydrogen-bond acceptors (Lipinski definition) is 2. The summed E-state index contributed by atoms with van der Waals surface area (Å²) < 4.78 is 11.3. The van der Waals surface area contributed by atoms with Gasteiger partial charge in [-0.2, -0.15) is 0 Å². The first-order chi connectivity index (χ1) is 5.88. The van der Waals surface area contributed by atoms with E-state index >= 15 is 0 Å². The SMILES string of the molecule is C.CC(C1CCCO1)C1CCCO1. The van der Waals surface area contributed by atoms with Crippen molar-refractivity contribution in [1.29, 1.82) is 0 Å². The Morgan fingerprint density at radius 1 is 1.00 bits per heavy atom. The van der Waals surface area contributed by atoms with Crippen LogP contribution in [0.4, 0.5) is 0 Å². The lowest BCUT2D eigenvalue weighted by molar-refractivity contribution is -0.0102. The molecular formula is C11H22O2. The van der Waals surface area contributed by atoms with Crippen LogP contribution in [0.5, 0.6) is 0 Å². The molecule has 0 spiro atoms. The minimum Gasteiger partial charge on any atom is -0.378 e. The predicted octanol–water partition coefficient (Wildman–Crippen LogP) is 2.62. The average molecular weight is 186 g/mol. The lowest BCUT2D eigenvalue weighted by Crippen LogP contribution is -2.28. The Hall–Kier alpha value is -0.0800. The first kappa shape index (κ1) is 11.0. The van der Waals surface area contributed by atoms with E-state index in [2.05, 4.69) is 6.92 Å². The molecule has 0 aromatic carbocycles. The van der Waals surface area contributed by atoms with E-state index < -0.39 is 0 Å². The van der Waals surface area contributed by atoms with Crippen LogP contribution in [0.2, 0.25) is 0 Å². The van der Waals surface area contributed by atoms with Gasteiger partial charge in [-0.05, 0) is 25.7 Å². The van der Waals surface area contributed by atoms with Crippen molar-refractivity contribution in [2.24, 2.45) is 5.92 Å². The van der Waals surface area contributed by atoms with E-state index in [1.807, 2.05) is 0 Å². The van der Waals surface area contributed by atoms with Crippen molar-refractivity contribution in [3.05, 3.63) is 0 Å². The summed E-state index contributed by atoms with van der Waals surface area (Å²) >= 11 is 0. The summed E-state index contributed by atoms with van der Waals surface area (Å²) in [6, 6.07) is 0. The van der Waals surface area contributed by atoms with Gasteiger partial charge in [-0.15, -0.1) is 0 Å². The first-order valence-electron chi connectivity index (χ1n) is 5.11. The molecule has 0 aliphatic carbocycles. The van der Waals surface area contributed by atoms with Crippen LogP contribution in [-0.4, -0.2) is 25.4 Å². The maximum absolute atomic E-state index is 5.65. The second-order valence-corrected chi connectivity index (χ2v) is 3.96. The molecule has 2 atom stereocenters. The van der Waals surface area contributed by atoms with Crippen LogP contribution in [0.15, 0.2) is 0 Å². The fourth-order valence-corrected chi connectivity index (χ4v) is 2.27. The molecule has 2 aliphatic rings. The standard InChI is InChI=1S/C10H18O2.CH4/c1-8(9-4-2-6-11-9)10-5-3-7-12-10;/h8-10H,2-7H2,1H3;1H4. The Kier molecular flexibility index (Phi) is 4.20. The molecule has 2 saturated heterocycles. The average Bonchev–Trinajstić information content (AvgIpc) is 2.77. The number of rotatable bonds is 2. The molecule has 2 heteroatoms. The summed E-state index contributed by atoms with van der Waals surface area (Å²) in [4.78, 5) is 0. The molecule has 0 aromatic heterocycles. The van der Waals surface area contributed by atoms with Crippen LogP contribution >= 0.6 is 0 Å². The van der Waals surface area contributed by atoms with Crippen molar-refractivity contribution >= 4 is 0 Å². The second kappa shape index (κ2) is 4.97. The Morgan fingerprint density at radius 2 is 1.46 bits per heavy atom. The van der Waals surface area contributed by atoms with E-state index in [0.29, 0.717) is 18.1 Å². The Balaban J connectivity index is 0.000000845. The second-order valence-electron chi connectivity index (χ2n) is 3.96. The van der Waals surface area contributed by atoms with Crippen LogP contribution in [0.1, 0.15) is 40.0 Å². The molecule has 0 bridgehead atoms. The number of ether oxygens (including phenoxy) is 2. The highest BCUT2D eigenvalue weighted by Gasteiger charge is 2.31. The number of hydrogen-bond donors (Lipinski definition) is 0. The fourth-order valence-electron chi connectivity index (χ4n) is 2.27. The molecule has 2 heterocycles. The maximum atomic E-state index is 5.65. The topological polar surface area (TPSA) is 18.5 Å². The third kappa shape index (κ3) is 2.44. The zero-order valence-electron chi connectivity index (χ0n) is 7.79. The van der Waals surface area contributed by atoms with Gasteiger partial charge in [0.15, 0.2) is 0 Å². The molecule has 78 valence electrons. The van der Waals surface area contributed by atoms with Gasteiger partial charge >= 0.3 is 0 Å². The maximum Gasteiger partial charge on any atom is 0.0626 e. The van der Waals surface area contributed by atoms with Crippen molar-refractivity contribution in [2.45, 2.75) is 52.2 Å². The first-order valence-corrected chi connectivity index (χ1v) is 5.11. The summed E-state index contributed by atoms with van der Waals surface area (Å²) in [7, 11) is 0. The highest BCUT2D eigenvalue weighted by molar-refractivity contribution is 4.80. The van der Waals surface area contributed by atoms with Gasteiger partial charge in [0.2, 0.25) is 0 Å². The van der Waals surface area contributed by atoms with E-state index in [1.54, 1.807) is 0 Å². The monoisotopic (exact) mass is 186 g/mol. The van der Waals surface area contributed by atoms with E-state index in [4.69, 9.17) is 9.47 Å². The van der Waals surface area contributed by atoms with Gasteiger partial charge in [-0.1, -0.05) is 14.4 Å². The zero-order valence-corrected chi connectivity index (χ0v) is 7.79. The molecule has 0 amide bonds. The van der Waals surface area contributed by atoms with Gasteiger partial charge < -0.3 is 9.47 Å². The smallest absolute Gasteiger partial charge is 0.0626 e. The van der Waals surface area contributed by atoms with Gasteiger partial charge in [0, 0.05) is 19.1 Å². The Morgan fingerprint density at radius 3 is 1.77 bits per heavy atom. The van der Waals surface area contributed by atoms with Crippen LogP contribution in [-0.2, 0) is 9.47 Å². The predicted molar refractivity (Wildman–Crippen MR) is 53.8 cm³/mol. The highest BCUT2D eigenvalue weighted by Crippen LogP contribution is 2.28. The fraction of sp³-hybridized carbons (Fsp3) is 1.00.